The van der Waals surface area contributed by atoms with Crippen molar-refractivity contribution >= 4 is 46.1 Å². The molecular weight excluding hydrogens is 368 g/mol. The summed E-state index contributed by atoms with van der Waals surface area (Å²) in [7, 11) is 0. The lowest BCUT2D eigenvalue weighted by Gasteiger charge is -2.17. The van der Waals surface area contributed by atoms with Crippen molar-refractivity contribution in [3.63, 3.8) is 0 Å². The highest BCUT2D eigenvalue weighted by molar-refractivity contribution is 7.97. The summed E-state index contributed by atoms with van der Waals surface area (Å²) in [6, 6.07) is 15.3. The van der Waals surface area contributed by atoms with Gasteiger partial charge in [0.05, 0.1) is 0 Å². The molecule has 0 saturated carbocycles. The molecule has 0 unspecified atom stereocenters. The third-order valence-electron chi connectivity index (χ3n) is 3.09. The zero-order chi connectivity index (χ0) is 18.6. The van der Waals surface area contributed by atoms with Crippen LogP contribution in [0.3, 0.4) is 0 Å². The maximum atomic E-state index is 5.55. The summed E-state index contributed by atoms with van der Waals surface area (Å²) in [6.07, 6.45) is 0. The number of fused-ring (bicyclic) bond motifs is 2. The van der Waals surface area contributed by atoms with E-state index < -0.39 is 0 Å². The summed E-state index contributed by atoms with van der Waals surface area (Å²) >= 11 is 2.44. The van der Waals surface area contributed by atoms with Crippen LogP contribution in [0.1, 0.15) is 20.8 Å². The molecule has 4 aromatic rings. The summed E-state index contributed by atoms with van der Waals surface area (Å²) in [4.78, 5) is 8.45. The molecule has 2 heterocycles. The number of nitrogens with two attached hydrogens (primary N) is 1. The number of hydrogen-bond acceptors (Lipinski definition) is 8. The molecule has 0 aliphatic carbocycles. The van der Waals surface area contributed by atoms with Crippen LogP contribution in [0.2, 0.25) is 0 Å². The van der Waals surface area contributed by atoms with Gasteiger partial charge in [0.15, 0.2) is 11.2 Å². The van der Waals surface area contributed by atoms with Crippen molar-refractivity contribution in [1.82, 2.24) is 14.7 Å². The summed E-state index contributed by atoms with van der Waals surface area (Å²) in [5, 5.41) is 6.44. The van der Waals surface area contributed by atoms with Crippen LogP contribution in [0.4, 0.5) is 0 Å². The van der Waals surface area contributed by atoms with E-state index in [0.717, 1.165) is 34.1 Å². The van der Waals surface area contributed by atoms with E-state index in [-0.39, 0.29) is 5.54 Å². The first-order valence-corrected chi connectivity index (χ1v) is 9.66. The van der Waals surface area contributed by atoms with Crippen molar-refractivity contribution < 1.29 is 8.83 Å². The first-order chi connectivity index (χ1) is 12.4. The predicted molar refractivity (Wildman–Crippen MR) is 107 cm³/mol. The molecule has 4 rings (SSSR count). The highest BCUT2D eigenvalue weighted by atomic mass is 32.2. The van der Waals surface area contributed by atoms with E-state index in [1.807, 2.05) is 48.5 Å². The minimum atomic E-state index is 0.0469. The van der Waals surface area contributed by atoms with Crippen LogP contribution in [0, 0.1) is 0 Å². The average Bonchev–Trinajstić information content (AvgIpc) is 3.23. The second kappa shape index (κ2) is 8.13. The van der Waals surface area contributed by atoms with Gasteiger partial charge in [-0.1, -0.05) is 24.3 Å². The quantitative estimate of drug-likeness (QED) is 0.473. The molecule has 6 nitrogen and oxygen atoms in total. The molecule has 0 amide bonds. The molecule has 0 atom stereocenters. The standard InChI is InChI=1S/C11H14N2OS.C7H6N2OS/c1-11(2,3)13-15-10-12-8-6-4-5-7-9(8)14-10;8-11-7-9-5-3-1-2-4-6(5)10-7/h4-7,13H,1-3H3;1-4H,8H2. The molecule has 8 heteroatoms. The summed E-state index contributed by atoms with van der Waals surface area (Å²) in [5.41, 5.74) is 3.40. The molecule has 0 aliphatic heterocycles. The van der Waals surface area contributed by atoms with Gasteiger partial charge in [0.2, 0.25) is 0 Å². The Kier molecular flexibility index (Phi) is 5.87. The molecular formula is C18H20N4O2S2. The number of para-hydroxylation sites is 4. The van der Waals surface area contributed by atoms with Crippen LogP contribution >= 0.6 is 23.9 Å². The SMILES string of the molecule is CC(C)(C)NSc1nc2ccccc2o1.NSc1nc2ccccc2o1. The Labute approximate surface area is 160 Å². The van der Waals surface area contributed by atoms with Gasteiger partial charge >= 0.3 is 0 Å². The minimum Gasteiger partial charge on any atom is -0.430 e. The number of rotatable bonds is 3. The minimum absolute atomic E-state index is 0.0469. The lowest BCUT2D eigenvalue weighted by Crippen LogP contribution is -2.29. The molecule has 136 valence electrons. The van der Waals surface area contributed by atoms with Gasteiger partial charge in [-0.2, -0.15) is 0 Å². The van der Waals surface area contributed by atoms with Crippen LogP contribution < -0.4 is 9.86 Å². The third kappa shape index (κ3) is 5.01. The average molecular weight is 389 g/mol. The fourth-order valence-electron chi connectivity index (χ4n) is 1.99. The van der Waals surface area contributed by atoms with Crippen LogP contribution in [-0.4, -0.2) is 15.5 Å². The summed E-state index contributed by atoms with van der Waals surface area (Å²) in [5.74, 6) is 0. The number of benzene rings is 2. The molecule has 2 aromatic heterocycles. The lowest BCUT2D eigenvalue weighted by molar-refractivity contribution is 0.478. The van der Waals surface area contributed by atoms with E-state index >= 15 is 0 Å². The van der Waals surface area contributed by atoms with Gasteiger partial charge in [-0.25, -0.2) is 9.97 Å². The van der Waals surface area contributed by atoms with Crippen molar-refractivity contribution in [2.75, 3.05) is 0 Å². The van der Waals surface area contributed by atoms with Gasteiger partial charge in [0, 0.05) is 29.4 Å². The number of nitrogens with zero attached hydrogens (tertiary/aromatic N) is 2. The topological polar surface area (TPSA) is 90.1 Å². The third-order valence-corrected chi connectivity index (χ3v) is 4.53. The zero-order valence-corrected chi connectivity index (χ0v) is 16.4. The number of oxazole rings is 2. The summed E-state index contributed by atoms with van der Waals surface area (Å²) < 4.78 is 14.1. The van der Waals surface area contributed by atoms with Crippen molar-refractivity contribution in [2.24, 2.45) is 5.14 Å². The van der Waals surface area contributed by atoms with E-state index in [4.69, 9.17) is 14.0 Å². The van der Waals surface area contributed by atoms with E-state index in [2.05, 4.69) is 35.5 Å². The molecule has 3 N–H and O–H groups in total. The van der Waals surface area contributed by atoms with Crippen molar-refractivity contribution in [2.45, 2.75) is 36.8 Å². The Morgan fingerprint density at radius 1 is 0.846 bits per heavy atom. The highest BCUT2D eigenvalue weighted by Crippen LogP contribution is 2.22. The van der Waals surface area contributed by atoms with E-state index in [1.165, 1.54) is 11.9 Å². The van der Waals surface area contributed by atoms with Crippen LogP contribution in [-0.2, 0) is 0 Å². The summed E-state index contributed by atoms with van der Waals surface area (Å²) in [6.45, 7) is 6.30. The largest absolute Gasteiger partial charge is 0.430 e. The van der Waals surface area contributed by atoms with Crippen molar-refractivity contribution in [3.8, 4) is 0 Å². The molecule has 0 radical (unpaired) electrons. The van der Waals surface area contributed by atoms with Crippen LogP contribution in [0.15, 0.2) is 67.8 Å². The van der Waals surface area contributed by atoms with Gasteiger partial charge in [0.25, 0.3) is 10.4 Å². The zero-order valence-electron chi connectivity index (χ0n) is 14.7. The molecule has 0 spiro atoms. The molecule has 0 aliphatic rings. The van der Waals surface area contributed by atoms with Gasteiger partial charge < -0.3 is 8.83 Å². The predicted octanol–water partition coefficient (Wildman–Crippen LogP) is 5.02. The van der Waals surface area contributed by atoms with E-state index in [1.54, 1.807) is 0 Å². The van der Waals surface area contributed by atoms with Crippen LogP contribution in [0.25, 0.3) is 22.2 Å². The highest BCUT2D eigenvalue weighted by Gasteiger charge is 2.12. The molecule has 26 heavy (non-hydrogen) atoms. The Morgan fingerprint density at radius 2 is 1.35 bits per heavy atom. The first kappa shape index (κ1) is 18.8. The normalized spacial score (nSPS) is 11.5. The van der Waals surface area contributed by atoms with E-state index in [0.29, 0.717) is 10.4 Å². The van der Waals surface area contributed by atoms with Crippen LogP contribution in [0.5, 0.6) is 0 Å². The molecule has 2 aromatic carbocycles. The molecule has 0 bridgehead atoms. The number of aromatic nitrogens is 2. The second-order valence-electron chi connectivity index (χ2n) is 6.47. The molecule has 0 fully saturated rings. The number of hydrogen-bond donors (Lipinski definition) is 2. The van der Waals surface area contributed by atoms with Gasteiger partial charge in [0.1, 0.15) is 11.0 Å². The molecule has 0 saturated heterocycles. The maximum Gasteiger partial charge on any atom is 0.272 e. The van der Waals surface area contributed by atoms with Crippen molar-refractivity contribution in [1.29, 1.82) is 0 Å². The monoisotopic (exact) mass is 388 g/mol. The Morgan fingerprint density at radius 3 is 1.85 bits per heavy atom. The lowest BCUT2D eigenvalue weighted by atomic mass is 10.1. The Balaban J connectivity index is 0.000000158. The first-order valence-electron chi connectivity index (χ1n) is 7.96. The van der Waals surface area contributed by atoms with Crippen molar-refractivity contribution in [3.05, 3.63) is 48.5 Å². The van der Waals surface area contributed by atoms with Gasteiger partial charge in [-0.3, -0.25) is 9.86 Å². The Hall–Kier alpha value is -2.00. The van der Waals surface area contributed by atoms with E-state index in [9.17, 15) is 0 Å². The fourth-order valence-corrected chi connectivity index (χ4v) is 2.95. The Bertz CT molecular complexity index is 925. The van der Waals surface area contributed by atoms with Gasteiger partial charge in [-0.05, 0) is 45.0 Å². The number of nitrogens with one attached hydrogen (secondary N) is 1. The smallest absolute Gasteiger partial charge is 0.272 e. The maximum absolute atomic E-state index is 5.55. The second-order valence-corrected chi connectivity index (χ2v) is 7.81. The fraction of sp³-hybridized carbons (Fsp3) is 0.222. The van der Waals surface area contributed by atoms with Gasteiger partial charge in [-0.15, -0.1) is 0 Å².